The lowest BCUT2D eigenvalue weighted by atomic mass is 10.2. The molecule has 0 fully saturated rings. The van der Waals surface area contributed by atoms with Gasteiger partial charge >= 0.3 is 12.1 Å². The minimum atomic E-state index is -1.21. The van der Waals surface area contributed by atoms with E-state index in [4.69, 9.17) is 15.6 Å². The topological polar surface area (TPSA) is 125 Å². The first kappa shape index (κ1) is 16.8. The molecule has 1 aromatic carbocycles. The van der Waals surface area contributed by atoms with Gasteiger partial charge in [-0.3, -0.25) is 0 Å². The lowest BCUT2D eigenvalue weighted by Crippen LogP contribution is -2.21. The largest absolute Gasteiger partial charge is 0.514 e. The quantitative estimate of drug-likeness (QED) is 0.421. The highest BCUT2D eigenvalue weighted by Gasteiger charge is 2.14. The summed E-state index contributed by atoms with van der Waals surface area (Å²) in [6, 6.07) is 5.68. The zero-order valence-electron chi connectivity index (χ0n) is 10.2. The highest BCUT2D eigenvalue weighted by molar-refractivity contribution is 7.80. The van der Waals surface area contributed by atoms with Gasteiger partial charge in [0.2, 0.25) is 0 Å². The zero-order valence-corrected chi connectivity index (χ0v) is 11.0. The van der Waals surface area contributed by atoms with Crippen LogP contribution in [0.25, 0.3) is 0 Å². The maximum absolute atomic E-state index is 11.1. The van der Waals surface area contributed by atoms with Gasteiger partial charge < -0.3 is 26.0 Å². The fourth-order valence-electron chi connectivity index (χ4n) is 0.982. The van der Waals surface area contributed by atoms with Crippen molar-refractivity contribution in [2.75, 3.05) is 13.7 Å². The van der Waals surface area contributed by atoms with Crippen LogP contribution in [0.2, 0.25) is 0 Å². The number of hydrogen-bond acceptors (Lipinski definition) is 6. The standard InChI is InChI=1S/C10H9NO5S.CH5N/c11-8(17)5-15-10(14)16-7-4-2-1-3-6(7)9(12)13;1-2/h1-4H,5H2,(H2,11,17)(H,12,13);2H2,1H3. The van der Waals surface area contributed by atoms with E-state index in [1.165, 1.54) is 31.3 Å². The van der Waals surface area contributed by atoms with Gasteiger partial charge in [-0.25, -0.2) is 9.59 Å². The third-order valence-electron chi connectivity index (χ3n) is 1.64. The van der Waals surface area contributed by atoms with Crippen molar-refractivity contribution in [2.24, 2.45) is 11.5 Å². The van der Waals surface area contributed by atoms with E-state index in [9.17, 15) is 9.59 Å². The second-order valence-electron chi connectivity index (χ2n) is 2.91. The van der Waals surface area contributed by atoms with E-state index in [0.717, 1.165) is 0 Å². The molecule has 0 radical (unpaired) electrons. The number of para-hydroxylation sites is 1. The normalized spacial score (nSPS) is 8.74. The number of carbonyl (C=O) groups excluding carboxylic acids is 1. The Morgan fingerprint density at radius 2 is 1.89 bits per heavy atom. The number of carboxylic acid groups (broad SMARTS) is 1. The van der Waals surface area contributed by atoms with Crippen LogP contribution in [0.15, 0.2) is 24.3 Å². The molecule has 8 heteroatoms. The molecule has 0 bridgehead atoms. The monoisotopic (exact) mass is 286 g/mol. The number of benzene rings is 1. The molecule has 5 N–H and O–H groups in total. The van der Waals surface area contributed by atoms with Gasteiger partial charge in [-0.05, 0) is 19.2 Å². The Kier molecular flexibility index (Phi) is 7.82. The van der Waals surface area contributed by atoms with E-state index >= 15 is 0 Å². The first-order chi connectivity index (χ1) is 9.00. The van der Waals surface area contributed by atoms with Crippen molar-refractivity contribution in [1.29, 1.82) is 0 Å². The molecule has 0 aliphatic carbocycles. The van der Waals surface area contributed by atoms with Crippen molar-refractivity contribution >= 4 is 29.3 Å². The molecule has 0 spiro atoms. The first-order valence-electron chi connectivity index (χ1n) is 5.03. The van der Waals surface area contributed by atoms with Crippen molar-refractivity contribution in [3.63, 3.8) is 0 Å². The fourth-order valence-corrected chi connectivity index (χ4v) is 1.04. The van der Waals surface area contributed by atoms with Crippen LogP contribution in [0.4, 0.5) is 4.79 Å². The summed E-state index contributed by atoms with van der Waals surface area (Å²) in [5.41, 5.74) is 9.48. The SMILES string of the molecule is CN.NC(=S)COC(=O)Oc1ccccc1C(=O)O. The summed E-state index contributed by atoms with van der Waals surface area (Å²) in [4.78, 5) is 21.9. The second kappa shape index (κ2) is 8.84. The molecule has 0 atom stereocenters. The molecule has 0 amide bonds. The molecule has 1 rings (SSSR count). The molecule has 0 saturated heterocycles. The van der Waals surface area contributed by atoms with Gasteiger partial charge in [0.05, 0.1) is 0 Å². The van der Waals surface area contributed by atoms with E-state index < -0.39 is 12.1 Å². The summed E-state index contributed by atoms with van der Waals surface area (Å²) in [5, 5.41) is 8.82. The minimum Gasteiger partial charge on any atom is -0.478 e. The van der Waals surface area contributed by atoms with Crippen molar-refractivity contribution in [2.45, 2.75) is 0 Å². The Bertz CT molecular complexity index is 464. The molecule has 0 aliphatic heterocycles. The summed E-state index contributed by atoms with van der Waals surface area (Å²) in [6.07, 6.45) is -1.06. The van der Waals surface area contributed by atoms with Crippen LogP contribution in [0.1, 0.15) is 10.4 Å². The van der Waals surface area contributed by atoms with Gasteiger partial charge in [0.1, 0.15) is 22.9 Å². The average Bonchev–Trinajstić information content (AvgIpc) is 2.39. The third-order valence-corrected chi connectivity index (χ3v) is 1.76. The minimum absolute atomic E-state index is 0.00605. The van der Waals surface area contributed by atoms with Gasteiger partial charge in [-0.15, -0.1) is 0 Å². The smallest absolute Gasteiger partial charge is 0.478 e. The van der Waals surface area contributed by atoms with Crippen LogP contribution in [-0.2, 0) is 4.74 Å². The Balaban J connectivity index is 0.00000154. The van der Waals surface area contributed by atoms with E-state index in [2.05, 4.69) is 22.7 Å². The Morgan fingerprint density at radius 1 is 1.32 bits per heavy atom. The highest BCUT2D eigenvalue weighted by atomic mass is 32.1. The lowest BCUT2D eigenvalue weighted by molar-refractivity contribution is 0.0691. The first-order valence-corrected chi connectivity index (χ1v) is 5.44. The number of aromatic carboxylic acids is 1. The molecule has 0 aliphatic rings. The van der Waals surface area contributed by atoms with Crippen LogP contribution in [0.3, 0.4) is 0 Å². The lowest BCUT2D eigenvalue weighted by Gasteiger charge is -2.07. The number of hydrogen-bond donors (Lipinski definition) is 3. The van der Waals surface area contributed by atoms with Gasteiger partial charge in [-0.1, -0.05) is 24.4 Å². The number of nitrogens with two attached hydrogens (primary N) is 2. The number of carbonyl (C=O) groups is 2. The molecular formula is C11H14N2O5S. The Morgan fingerprint density at radius 3 is 2.42 bits per heavy atom. The van der Waals surface area contributed by atoms with Crippen molar-refractivity contribution < 1.29 is 24.2 Å². The number of thiocarbonyl (C=S) groups is 1. The summed E-state index contributed by atoms with van der Waals surface area (Å²) in [6.45, 7) is -0.261. The number of rotatable bonds is 4. The summed E-state index contributed by atoms with van der Waals surface area (Å²) >= 11 is 4.50. The highest BCUT2D eigenvalue weighted by Crippen LogP contribution is 2.18. The molecule has 0 heterocycles. The van der Waals surface area contributed by atoms with E-state index in [1.807, 2.05) is 0 Å². The maximum Gasteiger partial charge on any atom is 0.514 e. The maximum atomic E-state index is 11.1. The number of carboxylic acids is 1. The summed E-state index contributed by atoms with van der Waals surface area (Å²) in [7, 11) is 1.50. The van der Waals surface area contributed by atoms with Crippen LogP contribution in [-0.4, -0.2) is 35.9 Å². The molecule has 0 unspecified atom stereocenters. The van der Waals surface area contributed by atoms with E-state index in [1.54, 1.807) is 0 Å². The molecule has 0 saturated carbocycles. The van der Waals surface area contributed by atoms with Crippen LogP contribution in [0.5, 0.6) is 5.75 Å². The van der Waals surface area contributed by atoms with Crippen LogP contribution >= 0.6 is 12.2 Å². The van der Waals surface area contributed by atoms with Gasteiger partial charge in [0.15, 0.2) is 0 Å². The van der Waals surface area contributed by atoms with E-state index in [0.29, 0.717) is 0 Å². The molecule has 1 aromatic rings. The van der Waals surface area contributed by atoms with Gasteiger partial charge in [-0.2, -0.15) is 0 Å². The Labute approximate surface area is 115 Å². The van der Waals surface area contributed by atoms with Gasteiger partial charge in [0.25, 0.3) is 0 Å². The molecule has 104 valence electrons. The zero-order chi connectivity index (χ0) is 14.8. The van der Waals surface area contributed by atoms with Crippen LogP contribution < -0.4 is 16.2 Å². The Hall–Kier alpha value is -2.19. The van der Waals surface area contributed by atoms with Crippen molar-refractivity contribution in [3.8, 4) is 5.75 Å². The average molecular weight is 286 g/mol. The predicted molar refractivity (Wildman–Crippen MR) is 72.3 cm³/mol. The molecule has 7 nitrogen and oxygen atoms in total. The summed E-state index contributed by atoms with van der Waals surface area (Å²) < 4.78 is 9.22. The van der Waals surface area contributed by atoms with Gasteiger partial charge in [0, 0.05) is 0 Å². The second-order valence-corrected chi connectivity index (χ2v) is 3.43. The fraction of sp³-hybridized carbons (Fsp3) is 0.182. The van der Waals surface area contributed by atoms with E-state index in [-0.39, 0.29) is 22.9 Å². The third kappa shape index (κ3) is 6.34. The molecule has 0 aromatic heterocycles. The van der Waals surface area contributed by atoms with Crippen molar-refractivity contribution in [1.82, 2.24) is 0 Å². The predicted octanol–water partition coefficient (Wildman–Crippen LogP) is 0.761. The molecular weight excluding hydrogens is 272 g/mol. The molecule has 19 heavy (non-hydrogen) atoms. The van der Waals surface area contributed by atoms with Crippen molar-refractivity contribution in [3.05, 3.63) is 29.8 Å². The van der Waals surface area contributed by atoms with Crippen LogP contribution in [0, 0.1) is 0 Å². The number of ether oxygens (including phenoxy) is 2. The summed E-state index contributed by atoms with van der Waals surface area (Å²) in [5.74, 6) is -1.31.